The lowest BCUT2D eigenvalue weighted by atomic mass is 10.2. The highest BCUT2D eigenvalue weighted by molar-refractivity contribution is 5.91. The number of carbonyl (C=O) groups is 1. The number of aromatic hydroxyl groups is 1. The SMILES string of the molecule is Cc1ccc(O)c(NC(=O)N/C=C/C(C)C)c1. The minimum atomic E-state index is -0.372. The molecule has 4 nitrogen and oxygen atoms in total. The van der Waals surface area contributed by atoms with Gasteiger partial charge in [0.2, 0.25) is 0 Å². The molecule has 0 spiro atoms. The van der Waals surface area contributed by atoms with E-state index in [0.29, 0.717) is 11.6 Å². The maximum atomic E-state index is 11.5. The molecule has 0 heterocycles. The number of urea groups is 1. The Bertz CT molecular complexity index is 425. The Hall–Kier alpha value is -1.97. The lowest BCUT2D eigenvalue weighted by molar-refractivity contribution is 0.255. The van der Waals surface area contributed by atoms with Gasteiger partial charge in [-0.25, -0.2) is 4.79 Å². The molecule has 17 heavy (non-hydrogen) atoms. The third-order valence-corrected chi connectivity index (χ3v) is 2.10. The molecule has 0 aliphatic carbocycles. The van der Waals surface area contributed by atoms with Crippen LogP contribution in [0.4, 0.5) is 10.5 Å². The molecule has 0 radical (unpaired) electrons. The second-order valence-electron chi connectivity index (χ2n) is 4.22. The fraction of sp³-hybridized carbons (Fsp3) is 0.308. The molecule has 0 aliphatic rings. The highest BCUT2D eigenvalue weighted by Gasteiger charge is 2.04. The van der Waals surface area contributed by atoms with Crippen LogP contribution in [0.25, 0.3) is 0 Å². The van der Waals surface area contributed by atoms with Gasteiger partial charge in [0.25, 0.3) is 0 Å². The molecule has 1 rings (SSSR count). The van der Waals surface area contributed by atoms with E-state index in [1.807, 2.05) is 26.8 Å². The summed E-state index contributed by atoms with van der Waals surface area (Å²) in [6.07, 6.45) is 3.46. The number of anilines is 1. The van der Waals surface area contributed by atoms with Crippen LogP contribution in [0, 0.1) is 12.8 Å². The van der Waals surface area contributed by atoms with Crippen LogP contribution in [-0.4, -0.2) is 11.1 Å². The maximum absolute atomic E-state index is 11.5. The molecule has 4 heteroatoms. The van der Waals surface area contributed by atoms with Gasteiger partial charge in [-0.15, -0.1) is 0 Å². The molecule has 1 aromatic rings. The van der Waals surface area contributed by atoms with Crippen molar-refractivity contribution in [3.05, 3.63) is 36.0 Å². The van der Waals surface area contributed by atoms with Crippen LogP contribution in [0.2, 0.25) is 0 Å². The Kier molecular flexibility index (Phi) is 4.57. The standard InChI is InChI=1S/C13H18N2O2/c1-9(2)6-7-14-13(17)15-11-8-10(3)4-5-12(11)16/h4-9,16H,1-3H3,(H2,14,15,17)/b7-6+. The number of allylic oxidation sites excluding steroid dienone is 1. The minimum absolute atomic E-state index is 0.0542. The lowest BCUT2D eigenvalue weighted by Gasteiger charge is -2.07. The summed E-state index contributed by atoms with van der Waals surface area (Å²) in [6, 6.07) is 4.66. The summed E-state index contributed by atoms with van der Waals surface area (Å²) in [6.45, 7) is 5.92. The molecule has 92 valence electrons. The van der Waals surface area contributed by atoms with Crippen molar-refractivity contribution < 1.29 is 9.90 Å². The van der Waals surface area contributed by atoms with Gasteiger partial charge in [0, 0.05) is 6.20 Å². The largest absolute Gasteiger partial charge is 0.506 e. The molecule has 2 amide bonds. The Morgan fingerprint density at radius 3 is 2.76 bits per heavy atom. The van der Waals surface area contributed by atoms with E-state index < -0.39 is 0 Å². The van der Waals surface area contributed by atoms with Gasteiger partial charge in [0.15, 0.2) is 0 Å². The van der Waals surface area contributed by atoms with E-state index in [-0.39, 0.29) is 11.8 Å². The molecular weight excluding hydrogens is 216 g/mol. The third kappa shape index (κ3) is 4.59. The summed E-state index contributed by atoms with van der Waals surface area (Å²) in [5.74, 6) is 0.432. The van der Waals surface area contributed by atoms with Gasteiger partial charge < -0.3 is 15.7 Å². The number of amides is 2. The molecule has 1 aromatic carbocycles. The topological polar surface area (TPSA) is 61.4 Å². The molecule has 0 aromatic heterocycles. The highest BCUT2D eigenvalue weighted by atomic mass is 16.3. The molecule has 3 N–H and O–H groups in total. The molecule has 0 bridgehead atoms. The van der Waals surface area contributed by atoms with E-state index in [1.54, 1.807) is 24.4 Å². The predicted octanol–water partition coefficient (Wildman–Crippen LogP) is 2.99. The van der Waals surface area contributed by atoms with E-state index in [9.17, 15) is 9.90 Å². The Morgan fingerprint density at radius 1 is 1.41 bits per heavy atom. The molecular formula is C13H18N2O2. The quantitative estimate of drug-likeness (QED) is 0.704. The summed E-state index contributed by atoms with van der Waals surface area (Å²) in [5.41, 5.74) is 1.37. The summed E-state index contributed by atoms with van der Waals surface area (Å²) in [4.78, 5) is 11.5. The fourth-order valence-corrected chi connectivity index (χ4v) is 1.22. The van der Waals surface area contributed by atoms with Crippen molar-refractivity contribution >= 4 is 11.7 Å². The number of nitrogens with one attached hydrogen (secondary N) is 2. The van der Waals surface area contributed by atoms with Gasteiger partial charge in [-0.3, -0.25) is 0 Å². The first-order chi connectivity index (χ1) is 7.99. The monoisotopic (exact) mass is 234 g/mol. The van der Waals surface area contributed by atoms with Gasteiger partial charge in [-0.1, -0.05) is 26.0 Å². The van der Waals surface area contributed by atoms with Gasteiger partial charge >= 0.3 is 6.03 Å². The lowest BCUT2D eigenvalue weighted by Crippen LogP contribution is -2.24. The average molecular weight is 234 g/mol. The molecule has 0 fully saturated rings. The first-order valence-corrected chi connectivity index (χ1v) is 5.53. The van der Waals surface area contributed by atoms with Crippen LogP contribution in [0.5, 0.6) is 5.75 Å². The Labute approximate surface area is 101 Å². The van der Waals surface area contributed by atoms with Crippen LogP contribution in [-0.2, 0) is 0 Å². The van der Waals surface area contributed by atoms with Gasteiger partial charge in [0.1, 0.15) is 5.75 Å². The van der Waals surface area contributed by atoms with Gasteiger partial charge in [0.05, 0.1) is 5.69 Å². The van der Waals surface area contributed by atoms with Gasteiger partial charge in [-0.05, 0) is 30.5 Å². The van der Waals surface area contributed by atoms with Crippen molar-refractivity contribution in [2.45, 2.75) is 20.8 Å². The molecule has 0 unspecified atom stereocenters. The van der Waals surface area contributed by atoms with E-state index in [0.717, 1.165) is 5.56 Å². The van der Waals surface area contributed by atoms with Crippen molar-refractivity contribution in [1.29, 1.82) is 0 Å². The van der Waals surface area contributed by atoms with Crippen LogP contribution >= 0.6 is 0 Å². The average Bonchev–Trinajstić information content (AvgIpc) is 2.23. The smallest absolute Gasteiger partial charge is 0.323 e. The second-order valence-corrected chi connectivity index (χ2v) is 4.22. The van der Waals surface area contributed by atoms with E-state index in [2.05, 4.69) is 10.6 Å². The molecule has 0 saturated carbocycles. The number of carbonyl (C=O) groups excluding carboxylic acids is 1. The van der Waals surface area contributed by atoms with Crippen molar-refractivity contribution in [3.8, 4) is 5.75 Å². The van der Waals surface area contributed by atoms with Crippen LogP contribution in [0.15, 0.2) is 30.5 Å². The summed E-state index contributed by atoms with van der Waals surface area (Å²) < 4.78 is 0. The maximum Gasteiger partial charge on any atom is 0.323 e. The number of phenols is 1. The number of benzene rings is 1. The Balaban J connectivity index is 2.59. The van der Waals surface area contributed by atoms with Crippen LogP contribution < -0.4 is 10.6 Å². The summed E-state index contributed by atoms with van der Waals surface area (Å²) in [7, 11) is 0. The van der Waals surface area contributed by atoms with E-state index >= 15 is 0 Å². The zero-order chi connectivity index (χ0) is 12.8. The van der Waals surface area contributed by atoms with Gasteiger partial charge in [-0.2, -0.15) is 0 Å². The predicted molar refractivity (Wildman–Crippen MR) is 69.0 cm³/mol. The van der Waals surface area contributed by atoms with Crippen molar-refractivity contribution in [2.75, 3.05) is 5.32 Å². The first kappa shape index (κ1) is 13.1. The minimum Gasteiger partial charge on any atom is -0.506 e. The van der Waals surface area contributed by atoms with Crippen molar-refractivity contribution in [3.63, 3.8) is 0 Å². The number of aryl methyl sites for hydroxylation is 1. The molecule has 0 atom stereocenters. The second kappa shape index (κ2) is 5.94. The zero-order valence-corrected chi connectivity index (χ0v) is 10.3. The third-order valence-electron chi connectivity index (χ3n) is 2.10. The number of hydrogen-bond donors (Lipinski definition) is 3. The van der Waals surface area contributed by atoms with Crippen molar-refractivity contribution in [2.24, 2.45) is 5.92 Å². The first-order valence-electron chi connectivity index (χ1n) is 5.53. The highest BCUT2D eigenvalue weighted by Crippen LogP contribution is 2.23. The van der Waals surface area contributed by atoms with E-state index in [1.165, 1.54) is 0 Å². The number of hydrogen-bond acceptors (Lipinski definition) is 2. The fourth-order valence-electron chi connectivity index (χ4n) is 1.22. The molecule has 0 aliphatic heterocycles. The number of rotatable bonds is 3. The summed E-state index contributed by atoms with van der Waals surface area (Å²) in [5, 5.41) is 14.7. The Morgan fingerprint density at radius 2 is 2.12 bits per heavy atom. The van der Waals surface area contributed by atoms with Crippen LogP contribution in [0.3, 0.4) is 0 Å². The molecule has 0 saturated heterocycles. The zero-order valence-electron chi connectivity index (χ0n) is 10.3. The van der Waals surface area contributed by atoms with Crippen LogP contribution in [0.1, 0.15) is 19.4 Å². The summed E-state index contributed by atoms with van der Waals surface area (Å²) >= 11 is 0. The van der Waals surface area contributed by atoms with E-state index in [4.69, 9.17) is 0 Å². The number of phenolic OH excluding ortho intramolecular Hbond substituents is 1. The normalized spacial score (nSPS) is 10.8. The van der Waals surface area contributed by atoms with Crippen molar-refractivity contribution in [1.82, 2.24) is 5.32 Å².